The Balaban J connectivity index is 0.00000207. The molecule has 1 aromatic carbocycles. The van der Waals surface area contributed by atoms with Gasteiger partial charge in [0.15, 0.2) is 0 Å². The maximum atomic E-state index is 9.91. The molecular formula is C41H61NS. The second-order valence-corrected chi connectivity index (χ2v) is 17.5. The van der Waals surface area contributed by atoms with Crippen molar-refractivity contribution in [3.05, 3.63) is 66.8 Å². The smallest absolute Gasteiger partial charge is 0.0940 e. The Kier molecular flexibility index (Phi) is 10.00. The molecule has 1 aromatic rings. The number of fused-ring (bicyclic) bond motifs is 5. The van der Waals surface area contributed by atoms with Crippen LogP contribution in [0.2, 0.25) is 0 Å². The molecule has 4 fully saturated rings. The molecule has 0 spiro atoms. The summed E-state index contributed by atoms with van der Waals surface area (Å²) in [5, 5.41) is 9.91. The summed E-state index contributed by atoms with van der Waals surface area (Å²) in [5.41, 5.74) is 3.43. The highest BCUT2D eigenvalue weighted by Crippen LogP contribution is 2.72. The van der Waals surface area contributed by atoms with Gasteiger partial charge in [-0.1, -0.05) is 97.9 Å². The van der Waals surface area contributed by atoms with Crippen LogP contribution in [0, 0.1) is 68.0 Å². The van der Waals surface area contributed by atoms with Crippen LogP contribution in [0.4, 0.5) is 0 Å². The molecule has 8 unspecified atom stereocenters. The maximum absolute atomic E-state index is 9.91. The molecule has 0 amide bonds. The standard InChI is InChI=1S/C39H55NS.C2H6/c1-10-36(6,7)32-17-18-37(8)30-16-19-39(26-41-29-14-12-11-13-15-29)21-20-35(4,5)24-31(39)34(30)28(3)22-33(37)38(32,9)23-27(2)25-40;1-2/h10-15,23,30-34H,1,3,16-22,24,26H2,2,4-9H3;1-2H3/b27-23+;. The monoisotopic (exact) mass is 599 g/mol. The third-order valence-electron chi connectivity index (χ3n) is 13.1. The third kappa shape index (κ3) is 6.11. The number of hydrogen-bond donors (Lipinski definition) is 0. The van der Waals surface area contributed by atoms with Crippen LogP contribution >= 0.6 is 11.8 Å². The summed E-state index contributed by atoms with van der Waals surface area (Å²) in [5.74, 6) is 4.24. The third-order valence-corrected chi connectivity index (χ3v) is 14.5. The van der Waals surface area contributed by atoms with Gasteiger partial charge >= 0.3 is 0 Å². The van der Waals surface area contributed by atoms with Crippen molar-refractivity contribution >= 4 is 11.8 Å². The van der Waals surface area contributed by atoms with E-state index < -0.39 is 0 Å². The van der Waals surface area contributed by atoms with E-state index in [0.717, 1.165) is 17.9 Å². The van der Waals surface area contributed by atoms with Crippen molar-refractivity contribution in [1.29, 1.82) is 5.26 Å². The number of hydrogen-bond acceptors (Lipinski definition) is 2. The van der Waals surface area contributed by atoms with Crippen molar-refractivity contribution < 1.29 is 0 Å². The van der Waals surface area contributed by atoms with E-state index in [1.807, 2.05) is 20.8 Å². The van der Waals surface area contributed by atoms with Crippen LogP contribution < -0.4 is 0 Å². The summed E-state index contributed by atoms with van der Waals surface area (Å²) in [7, 11) is 0. The predicted octanol–water partition coefficient (Wildman–Crippen LogP) is 12.3. The SMILES string of the molecule is C=CC(C)(C)C1CCC2(C)C3CCC4(CSc5ccccc5)CCC(C)(C)CC4C3C(=C)CC2C1(C)/C=C(\C)C#N.CC. The quantitative estimate of drug-likeness (QED) is 0.184. The second-order valence-electron chi connectivity index (χ2n) is 16.5. The van der Waals surface area contributed by atoms with Gasteiger partial charge in [-0.05, 0) is 127 Å². The second kappa shape index (κ2) is 12.6. The van der Waals surface area contributed by atoms with Crippen LogP contribution in [-0.2, 0) is 0 Å². The summed E-state index contributed by atoms with van der Waals surface area (Å²) < 4.78 is 0. The fourth-order valence-electron chi connectivity index (χ4n) is 10.9. The van der Waals surface area contributed by atoms with E-state index in [4.69, 9.17) is 6.58 Å². The largest absolute Gasteiger partial charge is 0.193 e. The molecule has 4 saturated carbocycles. The van der Waals surface area contributed by atoms with Crippen LogP contribution in [0.25, 0.3) is 0 Å². The minimum atomic E-state index is -0.0536. The van der Waals surface area contributed by atoms with E-state index >= 15 is 0 Å². The average molecular weight is 600 g/mol. The first-order chi connectivity index (χ1) is 20.2. The van der Waals surface area contributed by atoms with Crippen LogP contribution in [0.3, 0.4) is 0 Å². The summed E-state index contributed by atoms with van der Waals surface area (Å²) >= 11 is 2.10. The first-order valence-electron chi connectivity index (χ1n) is 17.3. The zero-order valence-electron chi connectivity index (χ0n) is 29.1. The van der Waals surface area contributed by atoms with Crippen LogP contribution in [0.1, 0.15) is 114 Å². The average Bonchev–Trinajstić information content (AvgIpc) is 2.98. The van der Waals surface area contributed by atoms with E-state index in [0.29, 0.717) is 34.5 Å². The Bertz CT molecular complexity index is 1230. The molecule has 0 radical (unpaired) electrons. The fourth-order valence-corrected chi connectivity index (χ4v) is 12.2. The van der Waals surface area contributed by atoms with E-state index in [9.17, 15) is 5.26 Å². The van der Waals surface area contributed by atoms with E-state index in [2.05, 4.69) is 108 Å². The number of rotatable bonds is 6. The maximum Gasteiger partial charge on any atom is 0.0940 e. The van der Waals surface area contributed by atoms with Gasteiger partial charge in [-0.15, -0.1) is 18.3 Å². The summed E-state index contributed by atoms with van der Waals surface area (Å²) in [4.78, 5) is 1.42. The van der Waals surface area contributed by atoms with Crippen molar-refractivity contribution in [3.63, 3.8) is 0 Å². The Morgan fingerprint density at radius 2 is 1.70 bits per heavy atom. The molecule has 4 aliphatic rings. The molecule has 236 valence electrons. The first kappa shape index (κ1) is 34.2. The Morgan fingerprint density at radius 3 is 2.33 bits per heavy atom. The highest BCUT2D eigenvalue weighted by atomic mass is 32.2. The Morgan fingerprint density at radius 1 is 1.02 bits per heavy atom. The molecule has 1 nitrogen and oxygen atoms in total. The summed E-state index contributed by atoms with van der Waals surface area (Å²) in [6.45, 7) is 30.2. The molecule has 0 bridgehead atoms. The van der Waals surface area contributed by atoms with E-state index in [-0.39, 0.29) is 16.2 Å². The van der Waals surface area contributed by atoms with Gasteiger partial charge < -0.3 is 0 Å². The minimum absolute atomic E-state index is 0.0181. The summed E-state index contributed by atoms with van der Waals surface area (Å²) in [6, 6.07) is 13.6. The van der Waals surface area contributed by atoms with Crippen molar-refractivity contribution in [1.82, 2.24) is 0 Å². The van der Waals surface area contributed by atoms with Crippen molar-refractivity contribution in [3.8, 4) is 6.07 Å². The zero-order valence-corrected chi connectivity index (χ0v) is 29.9. The van der Waals surface area contributed by atoms with E-state index in [1.165, 1.54) is 61.2 Å². The van der Waals surface area contributed by atoms with Crippen molar-refractivity contribution in [2.75, 3.05) is 5.75 Å². The lowest BCUT2D eigenvalue weighted by molar-refractivity contribution is -0.157. The van der Waals surface area contributed by atoms with Crippen LogP contribution in [0.15, 0.2) is 71.7 Å². The van der Waals surface area contributed by atoms with Gasteiger partial charge in [0.1, 0.15) is 0 Å². The Labute approximate surface area is 270 Å². The highest BCUT2D eigenvalue weighted by Gasteiger charge is 2.65. The molecule has 5 rings (SSSR count). The molecule has 0 aliphatic heterocycles. The zero-order chi connectivity index (χ0) is 31.8. The van der Waals surface area contributed by atoms with Crippen LogP contribution in [-0.4, -0.2) is 5.75 Å². The first-order valence-corrected chi connectivity index (χ1v) is 18.3. The highest BCUT2D eigenvalue weighted by molar-refractivity contribution is 7.99. The fraction of sp³-hybridized carbons (Fsp3) is 0.683. The molecule has 8 atom stereocenters. The van der Waals surface area contributed by atoms with Crippen molar-refractivity contribution in [2.45, 2.75) is 119 Å². The van der Waals surface area contributed by atoms with Gasteiger partial charge in [0.05, 0.1) is 6.07 Å². The lowest BCUT2D eigenvalue weighted by Gasteiger charge is -2.68. The van der Waals surface area contributed by atoms with Gasteiger partial charge in [-0.25, -0.2) is 0 Å². The van der Waals surface area contributed by atoms with Crippen molar-refractivity contribution in [2.24, 2.45) is 56.7 Å². The summed E-state index contributed by atoms with van der Waals surface area (Å²) in [6.07, 6.45) is 14.9. The van der Waals surface area contributed by atoms with Gasteiger partial charge in [0, 0.05) is 16.2 Å². The van der Waals surface area contributed by atoms with Crippen LogP contribution in [0.5, 0.6) is 0 Å². The number of benzene rings is 1. The normalized spacial score (nSPS) is 38.7. The van der Waals surface area contributed by atoms with E-state index in [1.54, 1.807) is 0 Å². The molecule has 43 heavy (non-hydrogen) atoms. The lowest BCUT2D eigenvalue weighted by atomic mass is 9.36. The molecule has 0 heterocycles. The Hall–Kier alpha value is -1.72. The number of thioether (sulfide) groups is 1. The number of nitriles is 1. The molecule has 2 heteroatoms. The molecule has 0 N–H and O–H groups in total. The van der Waals surface area contributed by atoms with Gasteiger partial charge in [-0.2, -0.15) is 5.26 Å². The minimum Gasteiger partial charge on any atom is -0.193 e. The van der Waals surface area contributed by atoms with Gasteiger partial charge in [0.2, 0.25) is 0 Å². The number of nitrogens with zero attached hydrogens (tertiary/aromatic N) is 1. The number of allylic oxidation sites excluding steroid dienone is 4. The van der Waals surface area contributed by atoms with Gasteiger partial charge in [0.25, 0.3) is 0 Å². The molecule has 0 aromatic heterocycles. The van der Waals surface area contributed by atoms with Gasteiger partial charge in [-0.3, -0.25) is 0 Å². The molecule has 4 aliphatic carbocycles. The predicted molar refractivity (Wildman–Crippen MR) is 188 cm³/mol. The lowest BCUT2D eigenvalue weighted by Crippen LogP contribution is -2.61. The molecular weight excluding hydrogens is 539 g/mol. The molecule has 0 saturated heterocycles. The topological polar surface area (TPSA) is 23.8 Å².